The van der Waals surface area contributed by atoms with Gasteiger partial charge in [-0.2, -0.15) is 0 Å². The average molecular weight is 351 g/mol. The first-order valence-electron chi connectivity index (χ1n) is 10.3. The Labute approximate surface area is 159 Å². The van der Waals surface area contributed by atoms with Crippen molar-refractivity contribution in [1.29, 1.82) is 0 Å². The van der Waals surface area contributed by atoms with Crippen molar-refractivity contribution in [3.63, 3.8) is 0 Å². The van der Waals surface area contributed by atoms with Crippen molar-refractivity contribution in [3.05, 3.63) is 41.6 Å². The molecule has 1 N–H and O–H groups in total. The molecule has 2 rings (SSSR count). The van der Waals surface area contributed by atoms with Crippen molar-refractivity contribution in [2.75, 3.05) is 0 Å². The van der Waals surface area contributed by atoms with E-state index in [0.29, 0.717) is 6.04 Å². The lowest BCUT2D eigenvalue weighted by Crippen LogP contribution is -2.24. The molecule has 1 aromatic carbocycles. The van der Waals surface area contributed by atoms with E-state index in [9.17, 15) is 0 Å². The number of nitrogens with one attached hydrogen (secondary N) is 1. The lowest BCUT2D eigenvalue weighted by molar-refractivity contribution is 0.535. The van der Waals surface area contributed by atoms with Crippen LogP contribution in [0.2, 0.25) is 0 Å². The van der Waals surface area contributed by atoms with Crippen LogP contribution < -0.4 is 5.32 Å². The van der Waals surface area contributed by atoms with Crippen LogP contribution in [0.25, 0.3) is 10.9 Å². The Hall–Kier alpha value is -1.85. The van der Waals surface area contributed by atoms with Gasteiger partial charge < -0.3 is 5.32 Å². The van der Waals surface area contributed by atoms with Gasteiger partial charge >= 0.3 is 0 Å². The first-order chi connectivity index (χ1) is 12.8. The first kappa shape index (κ1) is 20.5. The van der Waals surface area contributed by atoms with Crippen molar-refractivity contribution in [2.45, 2.75) is 84.7 Å². The standard InChI is InChI=1S/C24H34N2/c1-4-6-7-8-9-10-11-12-14-21-16-17-22(19-26-20(3)5-2)24-23(21)15-13-18-25-24/h13,15-18,20,26H,4-11,19H2,1-3H3. The molecular weight excluding hydrogens is 316 g/mol. The van der Waals surface area contributed by atoms with E-state index < -0.39 is 0 Å². The van der Waals surface area contributed by atoms with E-state index in [1.54, 1.807) is 0 Å². The minimum atomic E-state index is 0.519. The summed E-state index contributed by atoms with van der Waals surface area (Å²) in [7, 11) is 0. The Kier molecular flexibility index (Phi) is 9.21. The molecule has 0 spiro atoms. The van der Waals surface area contributed by atoms with E-state index in [1.807, 2.05) is 12.3 Å². The number of pyridine rings is 1. The number of hydrogen-bond donors (Lipinski definition) is 1. The van der Waals surface area contributed by atoms with Crippen molar-refractivity contribution in [1.82, 2.24) is 10.3 Å². The summed E-state index contributed by atoms with van der Waals surface area (Å²) in [6, 6.07) is 9.01. The molecule has 0 fully saturated rings. The smallest absolute Gasteiger partial charge is 0.0759 e. The van der Waals surface area contributed by atoms with E-state index >= 15 is 0 Å². The van der Waals surface area contributed by atoms with Crippen LogP contribution in [0.5, 0.6) is 0 Å². The Morgan fingerprint density at radius 2 is 1.85 bits per heavy atom. The molecule has 2 aromatic rings. The van der Waals surface area contributed by atoms with Crippen molar-refractivity contribution >= 4 is 10.9 Å². The Balaban J connectivity index is 2.00. The van der Waals surface area contributed by atoms with Crippen molar-refractivity contribution in [3.8, 4) is 11.8 Å². The SMILES string of the molecule is CCCCCCCCC#Cc1ccc(CNC(C)CC)c2ncccc12. The lowest BCUT2D eigenvalue weighted by Gasteiger charge is -2.13. The van der Waals surface area contributed by atoms with Gasteiger partial charge in [0.25, 0.3) is 0 Å². The second-order valence-corrected chi connectivity index (χ2v) is 7.18. The zero-order valence-corrected chi connectivity index (χ0v) is 16.8. The van der Waals surface area contributed by atoms with Gasteiger partial charge in [0.05, 0.1) is 5.52 Å². The van der Waals surface area contributed by atoms with Gasteiger partial charge in [-0.15, -0.1) is 0 Å². The van der Waals surface area contributed by atoms with Crippen LogP contribution in [0.1, 0.15) is 83.3 Å². The lowest BCUT2D eigenvalue weighted by atomic mass is 10.0. The van der Waals surface area contributed by atoms with Gasteiger partial charge in [0.1, 0.15) is 0 Å². The Morgan fingerprint density at radius 3 is 2.65 bits per heavy atom. The number of fused-ring (bicyclic) bond motifs is 1. The van der Waals surface area contributed by atoms with Gasteiger partial charge in [0.15, 0.2) is 0 Å². The second kappa shape index (κ2) is 11.7. The fourth-order valence-electron chi connectivity index (χ4n) is 3.06. The molecule has 1 unspecified atom stereocenters. The number of unbranched alkanes of at least 4 members (excludes halogenated alkanes) is 6. The maximum Gasteiger partial charge on any atom is 0.0759 e. The van der Waals surface area contributed by atoms with E-state index in [2.05, 4.69) is 61.1 Å². The van der Waals surface area contributed by atoms with Crippen LogP contribution in [-0.4, -0.2) is 11.0 Å². The van der Waals surface area contributed by atoms with Crippen LogP contribution in [0.15, 0.2) is 30.5 Å². The third kappa shape index (κ3) is 6.46. The van der Waals surface area contributed by atoms with E-state index in [0.717, 1.165) is 30.5 Å². The molecule has 0 radical (unpaired) electrons. The summed E-state index contributed by atoms with van der Waals surface area (Å²) in [5.41, 5.74) is 3.43. The average Bonchev–Trinajstić information content (AvgIpc) is 2.68. The van der Waals surface area contributed by atoms with E-state index in [-0.39, 0.29) is 0 Å². The molecular formula is C24H34N2. The highest BCUT2D eigenvalue weighted by molar-refractivity contribution is 5.87. The zero-order valence-electron chi connectivity index (χ0n) is 16.8. The van der Waals surface area contributed by atoms with Gasteiger partial charge in [-0.05, 0) is 37.5 Å². The summed E-state index contributed by atoms with van der Waals surface area (Å²) in [4.78, 5) is 4.62. The van der Waals surface area contributed by atoms with Crippen molar-refractivity contribution < 1.29 is 0 Å². The number of rotatable bonds is 10. The summed E-state index contributed by atoms with van der Waals surface area (Å²) in [5, 5.41) is 4.74. The molecule has 0 bridgehead atoms. The van der Waals surface area contributed by atoms with Crippen LogP contribution >= 0.6 is 0 Å². The Morgan fingerprint density at radius 1 is 1.04 bits per heavy atom. The molecule has 0 saturated carbocycles. The Bertz CT molecular complexity index is 724. The monoisotopic (exact) mass is 350 g/mol. The maximum absolute atomic E-state index is 4.62. The highest BCUT2D eigenvalue weighted by Crippen LogP contribution is 2.20. The quantitative estimate of drug-likeness (QED) is 0.406. The van der Waals surface area contributed by atoms with Crippen LogP contribution in [-0.2, 0) is 6.54 Å². The molecule has 1 aromatic heterocycles. The molecule has 26 heavy (non-hydrogen) atoms. The first-order valence-corrected chi connectivity index (χ1v) is 10.3. The topological polar surface area (TPSA) is 24.9 Å². The number of nitrogens with zero attached hydrogens (tertiary/aromatic N) is 1. The maximum atomic E-state index is 4.62. The van der Waals surface area contributed by atoms with Crippen LogP contribution in [0.3, 0.4) is 0 Å². The highest BCUT2D eigenvalue weighted by Gasteiger charge is 2.06. The van der Waals surface area contributed by atoms with Crippen LogP contribution in [0, 0.1) is 11.8 Å². The summed E-state index contributed by atoms with van der Waals surface area (Å²) in [6.45, 7) is 7.54. The summed E-state index contributed by atoms with van der Waals surface area (Å²) >= 11 is 0. The van der Waals surface area contributed by atoms with Gasteiger partial charge in [-0.1, -0.05) is 69.9 Å². The summed E-state index contributed by atoms with van der Waals surface area (Å²) in [6.07, 6.45) is 11.9. The number of benzene rings is 1. The molecule has 140 valence electrons. The molecule has 2 heteroatoms. The minimum Gasteiger partial charge on any atom is -0.310 e. The largest absolute Gasteiger partial charge is 0.310 e. The van der Waals surface area contributed by atoms with Gasteiger partial charge in [0.2, 0.25) is 0 Å². The van der Waals surface area contributed by atoms with Gasteiger partial charge in [0, 0.05) is 36.2 Å². The van der Waals surface area contributed by atoms with Crippen molar-refractivity contribution in [2.24, 2.45) is 0 Å². The molecule has 0 aliphatic carbocycles. The fourth-order valence-corrected chi connectivity index (χ4v) is 3.06. The normalized spacial score (nSPS) is 12.0. The highest BCUT2D eigenvalue weighted by atomic mass is 14.9. The third-order valence-corrected chi connectivity index (χ3v) is 4.98. The summed E-state index contributed by atoms with van der Waals surface area (Å²) < 4.78 is 0. The molecule has 0 saturated heterocycles. The molecule has 0 aliphatic rings. The van der Waals surface area contributed by atoms with E-state index in [1.165, 1.54) is 49.5 Å². The summed E-state index contributed by atoms with van der Waals surface area (Å²) in [5.74, 6) is 6.75. The van der Waals surface area contributed by atoms with Gasteiger partial charge in [-0.25, -0.2) is 0 Å². The van der Waals surface area contributed by atoms with E-state index in [4.69, 9.17) is 0 Å². The predicted molar refractivity (Wildman–Crippen MR) is 113 cm³/mol. The molecule has 1 heterocycles. The second-order valence-electron chi connectivity index (χ2n) is 7.18. The number of hydrogen-bond acceptors (Lipinski definition) is 2. The molecule has 2 nitrogen and oxygen atoms in total. The molecule has 0 aliphatic heterocycles. The number of aromatic nitrogens is 1. The van der Waals surface area contributed by atoms with Crippen LogP contribution in [0.4, 0.5) is 0 Å². The molecule has 1 atom stereocenters. The zero-order chi connectivity index (χ0) is 18.6. The fraction of sp³-hybridized carbons (Fsp3) is 0.542. The van der Waals surface area contributed by atoms with Gasteiger partial charge in [-0.3, -0.25) is 4.98 Å². The molecule has 0 amide bonds. The predicted octanol–water partition coefficient (Wildman–Crippen LogP) is 6.23. The third-order valence-electron chi connectivity index (χ3n) is 4.98. The minimum absolute atomic E-state index is 0.519.